The second-order valence-electron chi connectivity index (χ2n) is 6.97. The van der Waals surface area contributed by atoms with Crippen LogP contribution in [-0.2, 0) is 19.1 Å². The van der Waals surface area contributed by atoms with Crippen molar-refractivity contribution in [2.75, 3.05) is 25.1 Å². The third-order valence-electron chi connectivity index (χ3n) is 4.60. The maximum absolute atomic E-state index is 12.3. The summed E-state index contributed by atoms with van der Waals surface area (Å²) < 4.78 is 10.4. The molecule has 0 spiro atoms. The van der Waals surface area contributed by atoms with Gasteiger partial charge in [0.15, 0.2) is 6.61 Å². The first-order valence-electron chi connectivity index (χ1n) is 9.92. The molecule has 3 rings (SSSR count). The number of hydrazine groups is 1. The fraction of sp³-hybridized carbons (Fsp3) is 0.273. The number of hydrogen-bond donors (Lipinski definition) is 2. The Morgan fingerprint density at radius 3 is 2.44 bits per heavy atom. The lowest BCUT2D eigenvalue weighted by molar-refractivity contribution is -0.151. The first-order chi connectivity index (χ1) is 15.4. The molecule has 1 fully saturated rings. The molecule has 1 atom stereocenters. The molecule has 32 heavy (non-hydrogen) atoms. The van der Waals surface area contributed by atoms with E-state index in [4.69, 9.17) is 21.1 Å². The van der Waals surface area contributed by atoms with Crippen LogP contribution in [0, 0.1) is 5.92 Å². The highest BCUT2D eigenvalue weighted by atomic mass is 35.5. The molecule has 1 aliphatic rings. The van der Waals surface area contributed by atoms with Crippen molar-refractivity contribution in [1.29, 1.82) is 0 Å². The minimum atomic E-state index is -0.786. The van der Waals surface area contributed by atoms with Gasteiger partial charge in [0.25, 0.3) is 11.8 Å². The Morgan fingerprint density at radius 1 is 1.09 bits per heavy atom. The molecule has 1 saturated heterocycles. The van der Waals surface area contributed by atoms with Gasteiger partial charge in [-0.1, -0.05) is 11.6 Å². The van der Waals surface area contributed by atoms with Crippen LogP contribution in [0.4, 0.5) is 5.69 Å². The number of ether oxygens (including phenoxy) is 2. The highest BCUT2D eigenvalue weighted by Crippen LogP contribution is 2.19. The van der Waals surface area contributed by atoms with Crippen LogP contribution in [-0.4, -0.2) is 48.5 Å². The van der Waals surface area contributed by atoms with Crippen molar-refractivity contribution >= 4 is 41.0 Å². The molecule has 2 aromatic rings. The van der Waals surface area contributed by atoms with E-state index >= 15 is 0 Å². The van der Waals surface area contributed by atoms with Crippen molar-refractivity contribution in [3.63, 3.8) is 0 Å². The molecule has 10 heteroatoms. The van der Waals surface area contributed by atoms with Gasteiger partial charge in [0.1, 0.15) is 5.75 Å². The Hall–Kier alpha value is -3.59. The van der Waals surface area contributed by atoms with Crippen LogP contribution in [0.15, 0.2) is 48.5 Å². The fourth-order valence-corrected chi connectivity index (χ4v) is 3.14. The van der Waals surface area contributed by atoms with Gasteiger partial charge in [-0.3, -0.25) is 29.6 Å². The smallest absolute Gasteiger partial charge is 0.311 e. The molecule has 1 heterocycles. The van der Waals surface area contributed by atoms with E-state index in [0.29, 0.717) is 28.6 Å². The maximum atomic E-state index is 12.3. The molecule has 168 valence electrons. The largest absolute Gasteiger partial charge is 0.494 e. The van der Waals surface area contributed by atoms with E-state index in [1.54, 1.807) is 36.4 Å². The summed E-state index contributed by atoms with van der Waals surface area (Å²) in [6, 6.07) is 12.9. The van der Waals surface area contributed by atoms with E-state index in [2.05, 4.69) is 10.7 Å². The minimum absolute atomic E-state index is 0.0441. The fourth-order valence-electron chi connectivity index (χ4n) is 3.01. The zero-order valence-electron chi connectivity index (χ0n) is 17.3. The Balaban J connectivity index is 1.45. The number of carbonyl (C=O) groups is 4. The molecular weight excluding hydrogens is 438 g/mol. The number of rotatable bonds is 8. The van der Waals surface area contributed by atoms with Gasteiger partial charge >= 0.3 is 5.97 Å². The van der Waals surface area contributed by atoms with Crippen LogP contribution in [0.1, 0.15) is 23.7 Å². The van der Waals surface area contributed by atoms with E-state index in [9.17, 15) is 19.2 Å². The normalized spacial score (nSPS) is 15.2. The first-order valence-corrected chi connectivity index (χ1v) is 10.3. The number of benzene rings is 2. The van der Waals surface area contributed by atoms with E-state index in [0.717, 1.165) is 5.01 Å². The molecule has 0 unspecified atom stereocenters. The van der Waals surface area contributed by atoms with E-state index in [1.807, 2.05) is 6.92 Å². The Bertz CT molecular complexity index is 994. The Kier molecular flexibility index (Phi) is 7.67. The molecule has 9 nitrogen and oxygen atoms in total. The molecule has 0 bridgehead atoms. The molecule has 2 N–H and O–H groups in total. The predicted octanol–water partition coefficient (Wildman–Crippen LogP) is 2.41. The zero-order valence-corrected chi connectivity index (χ0v) is 18.1. The van der Waals surface area contributed by atoms with Crippen LogP contribution in [0.25, 0.3) is 0 Å². The third kappa shape index (κ3) is 6.21. The minimum Gasteiger partial charge on any atom is -0.494 e. The van der Waals surface area contributed by atoms with Crippen LogP contribution in [0.5, 0.6) is 5.75 Å². The number of esters is 1. The topological polar surface area (TPSA) is 114 Å². The third-order valence-corrected chi connectivity index (χ3v) is 4.85. The maximum Gasteiger partial charge on any atom is 0.311 e. The van der Waals surface area contributed by atoms with Gasteiger partial charge in [-0.05, 0) is 55.5 Å². The molecule has 0 radical (unpaired) electrons. The number of hydrogen-bond acceptors (Lipinski definition) is 6. The second kappa shape index (κ2) is 10.6. The van der Waals surface area contributed by atoms with Crippen molar-refractivity contribution in [2.24, 2.45) is 5.92 Å². The Labute approximate surface area is 189 Å². The average Bonchev–Trinajstić information content (AvgIpc) is 3.14. The molecule has 2 aromatic carbocycles. The Morgan fingerprint density at radius 2 is 1.78 bits per heavy atom. The number of amides is 3. The van der Waals surface area contributed by atoms with Crippen LogP contribution in [0.2, 0.25) is 5.02 Å². The number of anilines is 1. The number of carbonyl (C=O) groups excluding carboxylic acids is 4. The zero-order chi connectivity index (χ0) is 23.1. The quantitative estimate of drug-likeness (QED) is 0.586. The highest BCUT2D eigenvalue weighted by molar-refractivity contribution is 6.30. The second-order valence-corrected chi connectivity index (χ2v) is 7.40. The molecule has 3 amide bonds. The SMILES string of the molecule is CCOc1ccc(NC(=O)COC(=O)[C@@H]2CC(=O)N(NC(=O)c3ccc(Cl)cc3)C2)cc1. The van der Waals surface area contributed by atoms with Gasteiger partial charge in [0.2, 0.25) is 5.91 Å². The van der Waals surface area contributed by atoms with Crippen LogP contribution < -0.4 is 15.5 Å². The lowest BCUT2D eigenvalue weighted by atomic mass is 10.1. The lowest BCUT2D eigenvalue weighted by Gasteiger charge is -2.17. The average molecular weight is 460 g/mol. The standard InChI is InChI=1S/C22H22ClN3O6/c1-2-31-18-9-7-17(8-10-18)24-19(27)13-32-22(30)15-11-20(28)26(12-15)25-21(29)14-3-5-16(23)6-4-14/h3-10,15H,2,11-13H2,1H3,(H,24,27)(H,25,29)/t15-/m1/s1. The molecule has 0 aromatic heterocycles. The van der Waals surface area contributed by atoms with E-state index in [-0.39, 0.29) is 13.0 Å². The summed E-state index contributed by atoms with van der Waals surface area (Å²) in [7, 11) is 0. The van der Waals surface area contributed by atoms with Crippen molar-refractivity contribution in [3.05, 3.63) is 59.1 Å². The predicted molar refractivity (Wildman–Crippen MR) is 116 cm³/mol. The van der Waals surface area contributed by atoms with Gasteiger partial charge < -0.3 is 14.8 Å². The van der Waals surface area contributed by atoms with Crippen LogP contribution in [0.3, 0.4) is 0 Å². The van der Waals surface area contributed by atoms with Gasteiger partial charge in [0.05, 0.1) is 19.1 Å². The summed E-state index contributed by atoms with van der Waals surface area (Å²) >= 11 is 5.80. The van der Waals surface area contributed by atoms with E-state index in [1.165, 1.54) is 12.1 Å². The van der Waals surface area contributed by atoms with Gasteiger partial charge in [-0.15, -0.1) is 0 Å². The lowest BCUT2D eigenvalue weighted by Crippen LogP contribution is -2.43. The van der Waals surface area contributed by atoms with E-state index < -0.39 is 36.2 Å². The van der Waals surface area contributed by atoms with Crippen LogP contribution >= 0.6 is 11.6 Å². The monoisotopic (exact) mass is 459 g/mol. The van der Waals surface area contributed by atoms with Crippen molar-refractivity contribution in [1.82, 2.24) is 10.4 Å². The summed E-state index contributed by atoms with van der Waals surface area (Å²) in [5, 5.41) is 4.16. The molecule has 0 aliphatic carbocycles. The molecule has 0 saturated carbocycles. The summed E-state index contributed by atoms with van der Waals surface area (Å²) in [5.74, 6) is -2.24. The van der Waals surface area contributed by atoms with Crippen molar-refractivity contribution < 1.29 is 28.7 Å². The summed E-state index contributed by atoms with van der Waals surface area (Å²) in [4.78, 5) is 48.7. The summed E-state index contributed by atoms with van der Waals surface area (Å²) in [5.41, 5.74) is 3.31. The first kappa shape index (κ1) is 23.1. The summed E-state index contributed by atoms with van der Waals surface area (Å²) in [6.07, 6.45) is -0.125. The molecular formula is C22H22ClN3O6. The summed E-state index contributed by atoms with van der Waals surface area (Å²) in [6.45, 7) is 1.87. The number of nitrogens with zero attached hydrogens (tertiary/aromatic N) is 1. The number of nitrogens with one attached hydrogen (secondary N) is 2. The van der Waals surface area contributed by atoms with Crippen molar-refractivity contribution in [2.45, 2.75) is 13.3 Å². The van der Waals surface area contributed by atoms with Crippen molar-refractivity contribution in [3.8, 4) is 5.75 Å². The van der Waals surface area contributed by atoms with Gasteiger partial charge in [-0.2, -0.15) is 0 Å². The highest BCUT2D eigenvalue weighted by Gasteiger charge is 2.36. The number of halogens is 1. The van der Waals surface area contributed by atoms with Gasteiger partial charge in [0, 0.05) is 22.7 Å². The van der Waals surface area contributed by atoms with Gasteiger partial charge in [-0.25, -0.2) is 0 Å². The molecule has 1 aliphatic heterocycles.